The fraction of sp³-hybridized carbons (Fsp3) is 0.357. The van der Waals surface area contributed by atoms with Crippen molar-refractivity contribution in [2.45, 2.75) is 27.3 Å². The van der Waals surface area contributed by atoms with Gasteiger partial charge in [-0.15, -0.1) is 0 Å². The van der Waals surface area contributed by atoms with Crippen LogP contribution in [-0.4, -0.2) is 9.55 Å². The van der Waals surface area contributed by atoms with Crippen LogP contribution < -0.4 is 5.73 Å². The summed E-state index contributed by atoms with van der Waals surface area (Å²) >= 11 is 9.58. The predicted octanol–water partition coefficient (Wildman–Crippen LogP) is 4.51. The van der Waals surface area contributed by atoms with Gasteiger partial charge in [0.1, 0.15) is 17.3 Å². The molecule has 1 aromatic heterocycles. The lowest BCUT2D eigenvalue weighted by atomic mass is 10.1. The SMILES string of the molecule is Cc1nc(-c2cc(Cl)ccc2Br)c(N)n1CC(C)C. The summed E-state index contributed by atoms with van der Waals surface area (Å²) in [5, 5.41) is 0.675. The molecule has 19 heavy (non-hydrogen) atoms. The summed E-state index contributed by atoms with van der Waals surface area (Å²) in [5.74, 6) is 2.13. The molecule has 102 valence electrons. The Morgan fingerprint density at radius 2 is 2.11 bits per heavy atom. The predicted molar refractivity (Wildman–Crippen MR) is 84.4 cm³/mol. The maximum Gasteiger partial charge on any atom is 0.131 e. The van der Waals surface area contributed by atoms with Gasteiger partial charge in [-0.2, -0.15) is 0 Å². The van der Waals surface area contributed by atoms with Gasteiger partial charge >= 0.3 is 0 Å². The van der Waals surface area contributed by atoms with Gasteiger partial charge < -0.3 is 10.3 Å². The average Bonchev–Trinajstić information content (AvgIpc) is 2.60. The van der Waals surface area contributed by atoms with Gasteiger partial charge in [0.25, 0.3) is 0 Å². The Labute approximate surface area is 126 Å². The van der Waals surface area contributed by atoms with Gasteiger partial charge in [0.15, 0.2) is 0 Å². The number of hydrogen-bond acceptors (Lipinski definition) is 2. The van der Waals surface area contributed by atoms with Gasteiger partial charge in [-0.05, 0) is 31.0 Å². The number of nitrogen functional groups attached to an aromatic ring is 1. The number of halogens is 2. The smallest absolute Gasteiger partial charge is 0.131 e. The van der Waals surface area contributed by atoms with Gasteiger partial charge in [0.05, 0.1) is 0 Å². The van der Waals surface area contributed by atoms with Crippen molar-refractivity contribution in [3.8, 4) is 11.3 Å². The highest BCUT2D eigenvalue weighted by atomic mass is 79.9. The summed E-state index contributed by atoms with van der Waals surface area (Å²) in [6.07, 6.45) is 0. The van der Waals surface area contributed by atoms with E-state index < -0.39 is 0 Å². The lowest BCUT2D eigenvalue weighted by molar-refractivity contribution is 0.518. The molecule has 0 aliphatic rings. The minimum atomic E-state index is 0.519. The van der Waals surface area contributed by atoms with E-state index in [1.165, 1.54) is 0 Å². The van der Waals surface area contributed by atoms with Gasteiger partial charge in [-0.3, -0.25) is 0 Å². The number of nitrogens with two attached hydrogens (primary N) is 1. The molecule has 1 aromatic carbocycles. The van der Waals surface area contributed by atoms with Crippen molar-refractivity contribution < 1.29 is 0 Å². The number of aromatic nitrogens is 2. The molecule has 0 unspecified atom stereocenters. The third-order valence-corrected chi connectivity index (χ3v) is 3.86. The standard InChI is InChI=1S/C14H17BrClN3/c1-8(2)7-19-9(3)18-13(14(19)17)11-6-10(16)4-5-12(11)15/h4-6,8H,7,17H2,1-3H3. The molecule has 0 radical (unpaired) electrons. The van der Waals surface area contributed by atoms with Crippen molar-refractivity contribution in [3.05, 3.63) is 33.5 Å². The molecule has 0 atom stereocenters. The highest BCUT2D eigenvalue weighted by Crippen LogP contribution is 2.34. The first-order valence-corrected chi connectivity index (χ1v) is 7.35. The van der Waals surface area contributed by atoms with E-state index in [1.807, 2.05) is 29.7 Å². The van der Waals surface area contributed by atoms with Crippen LogP contribution in [0, 0.1) is 12.8 Å². The molecule has 0 saturated carbocycles. The van der Waals surface area contributed by atoms with E-state index in [-0.39, 0.29) is 0 Å². The number of imidazole rings is 1. The number of aryl methyl sites for hydroxylation is 1. The minimum absolute atomic E-state index is 0.519. The Hall–Kier alpha value is -1.00. The van der Waals surface area contributed by atoms with Gasteiger partial charge in [0.2, 0.25) is 0 Å². The molecule has 5 heteroatoms. The summed E-state index contributed by atoms with van der Waals surface area (Å²) in [7, 11) is 0. The highest BCUT2D eigenvalue weighted by molar-refractivity contribution is 9.10. The van der Waals surface area contributed by atoms with E-state index in [4.69, 9.17) is 17.3 Å². The molecule has 2 rings (SSSR count). The minimum Gasteiger partial charge on any atom is -0.383 e. The first kappa shape index (κ1) is 14.4. The van der Waals surface area contributed by atoms with Crippen LogP contribution in [0.25, 0.3) is 11.3 Å². The van der Waals surface area contributed by atoms with Crippen LogP contribution in [0.1, 0.15) is 19.7 Å². The van der Waals surface area contributed by atoms with Crippen LogP contribution in [0.2, 0.25) is 5.02 Å². The normalized spacial score (nSPS) is 11.3. The van der Waals surface area contributed by atoms with Crippen LogP contribution >= 0.6 is 27.5 Å². The largest absolute Gasteiger partial charge is 0.383 e. The van der Waals surface area contributed by atoms with Crippen molar-refractivity contribution in [1.82, 2.24) is 9.55 Å². The molecule has 0 bridgehead atoms. The molecular formula is C14H17BrClN3. The summed E-state index contributed by atoms with van der Waals surface area (Å²) in [5.41, 5.74) is 7.95. The molecule has 0 amide bonds. The number of benzene rings is 1. The van der Waals surface area contributed by atoms with E-state index in [1.54, 1.807) is 0 Å². The Kier molecular flexibility index (Phi) is 4.21. The van der Waals surface area contributed by atoms with Crippen LogP contribution in [0.15, 0.2) is 22.7 Å². The van der Waals surface area contributed by atoms with E-state index >= 15 is 0 Å². The molecular weight excluding hydrogens is 326 g/mol. The zero-order chi connectivity index (χ0) is 14.2. The van der Waals surface area contributed by atoms with E-state index in [9.17, 15) is 0 Å². The molecule has 0 aliphatic heterocycles. The van der Waals surface area contributed by atoms with Crippen molar-refractivity contribution in [2.75, 3.05) is 5.73 Å². The zero-order valence-electron chi connectivity index (χ0n) is 11.2. The molecule has 3 nitrogen and oxygen atoms in total. The number of hydrogen-bond donors (Lipinski definition) is 1. The van der Waals surface area contributed by atoms with Crippen molar-refractivity contribution in [3.63, 3.8) is 0 Å². The Balaban J connectivity index is 2.54. The van der Waals surface area contributed by atoms with Crippen LogP contribution in [0.3, 0.4) is 0 Å². The van der Waals surface area contributed by atoms with Crippen LogP contribution in [-0.2, 0) is 6.54 Å². The Morgan fingerprint density at radius 1 is 1.42 bits per heavy atom. The van der Waals surface area contributed by atoms with Crippen molar-refractivity contribution in [2.24, 2.45) is 5.92 Å². The Morgan fingerprint density at radius 3 is 2.74 bits per heavy atom. The van der Waals surface area contributed by atoms with E-state index in [2.05, 4.69) is 34.8 Å². The quantitative estimate of drug-likeness (QED) is 0.891. The second-order valence-corrected chi connectivity index (χ2v) is 6.31. The van der Waals surface area contributed by atoms with Gasteiger partial charge in [0, 0.05) is 21.6 Å². The summed E-state index contributed by atoms with van der Waals surface area (Å²) in [6, 6.07) is 5.63. The van der Waals surface area contributed by atoms with Crippen molar-refractivity contribution in [1.29, 1.82) is 0 Å². The fourth-order valence-corrected chi connectivity index (χ4v) is 2.66. The second kappa shape index (κ2) is 5.55. The van der Waals surface area contributed by atoms with Crippen LogP contribution in [0.4, 0.5) is 5.82 Å². The van der Waals surface area contributed by atoms with Crippen LogP contribution in [0.5, 0.6) is 0 Å². The first-order chi connectivity index (χ1) is 8.90. The van der Waals surface area contributed by atoms with Gasteiger partial charge in [-0.1, -0.05) is 41.4 Å². The first-order valence-electron chi connectivity index (χ1n) is 6.18. The molecule has 1 heterocycles. The average molecular weight is 343 g/mol. The molecule has 2 aromatic rings. The number of anilines is 1. The lowest BCUT2D eigenvalue weighted by Gasteiger charge is -2.10. The van der Waals surface area contributed by atoms with E-state index in [0.717, 1.165) is 28.1 Å². The second-order valence-electron chi connectivity index (χ2n) is 5.02. The van der Waals surface area contributed by atoms with Gasteiger partial charge in [-0.25, -0.2) is 4.98 Å². The van der Waals surface area contributed by atoms with Crippen molar-refractivity contribution >= 4 is 33.3 Å². The number of rotatable bonds is 3. The molecule has 2 N–H and O–H groups in total. The molecule has 0 aliphatic carbocycles. The van der Waals surface area contributed by atoms with E-state index in [0.29, 0.717) is 16.8 Å². The monoisotopic (exact) mass is 341 g/mol. The molecule has 0 saturated heterocycles. The summed E-state index contributed by atoms with van der Waals surface area (Å²) in [4.78, 5) is 4.58. The Bertz CT molecular complexity index is 605. The molecule has 0 spiro atoms. The zero-order valence-corrected chi connectivity index (χ0v) is 13.6. The lowest BCUT2D eigenvalue weighted by Crippen LogP contribution is -2.09. The fourth-order valence-electron chi connectivity index (χ4n) is 2.05. The maximum absolute atomic E-state index is 6.24. The third-order valence-electron chi connectivity index (χ3n) is 2.93. The highest BCUT2D eigenvalue weighted by Gasteiger charge is 2.16. The summed E-state index contributed by atoms with van der Waals surface area (Å²) in [6.45, 7) is 7.16. The molecule has 0 fully saturated rings. The topological polar surface area (TPSA) is 43.8 Å². The number of nitrogens with zero attached hydrogens (tertiary/aromatic N) is 2. The maximum atomic E-state index is 6.24. The summed E-state index contributed by atoms with van der Waals surface area (Å²) < 4.78 is 2.99. The third kappa shape index (κ3) is 2.95.